The van der Waals surface area contributed by atoms with E-state index in [-0.39, 0.29) is 0 Å². The van der Waals surface area contributed by atoms with Gasteiger partial charge in [-0.2, -0.15) is 15.3 Å². The van der Waals surface area contributed by atoms with E-state index in [1.165, 1.54) is 43.5 Å². The fourth-order valence-corrected chi connectivity index (χ4v) is 9.66. The van der Waals surface area contributed by atoms with Crippen LogP contribution in [0.15, 0.2) is 50.9 Å². The van der Waals surface area contributed by atoms with E-state index in [1.807, 2.05) is 176 Å². The van der Waals surface area contributed by atoms with Crippen LogP contribution < -0.4 is 16.3 Å². The molecule has 7 atom stereocenters. The van der Waals surface area contributed by atoms with Crippen LogP contribution in [0.4, 0.5) is 0 Å². The largest absolute Gasteiger partial charge is 0.483 e. The van der Waals surface area contributed by atoms with Gasteiger partial charge in [0.15, 0.2) is 12.3 Å². The molecule has 0 saturated heterocycles. The lowest BCUT2D eigenvalue weighted by Gasteiger charge is -2.22. The Morgan fingerprint density at radius 2 is 0.964 bits per heavy atom. The molecule has 19 nitrogen and oxygen atoms in total. The van der Waals surface area contributed by atoms with Crippen molar-refractivity contribution in [1.82, 2.24) is 16.3 Å². The van der Waals surface area contributed by atoms with Gasteiger partial charge in [0.1, 0.15) is 25.9 Å². The minimum Gasteiger partial charge on any atom is -0.483 e. The second-order valence-corrected chi connectivity index (χ2v) is 28.0. The summed E-state index contributed by atoms with van der Waals surface area (Å²) in [6.45, 7) is 92.1. The minimum absolute atomic E-state index is 0.356. The Morgan fingerprint density at radius 3 is 1.24 bits per heavy atom. The van der Waals surface area contributed by atoms with Crippen molar-refractivity contribution in [2.24, 2.45) is 134 Å². The Bertz CT molecular complexity index is 1820. The van der Waals surface area contributed by atoms with Gasteiger partial charge in [-0.05, 0) is 143 Å². The van der Waals surface area contributed by atoms with E-state index in [4.69, 9.17) is 28.8 Å². The zero-order chi connectivity index (χ0) is 86.9. The summed E-state index contributed by atoms with van der Waals surface area (Å²) >= 11 is 0. The molecule has 10 heterocycles. The highest BCUT2D eigenvalue weighted by Gasteiger charge is 2.19. The van der Waals surface area contributed by atoms with E-state index in [2.05, 4.69) is 206 Å². The monoisotopic (exact) mass is 1570 g/mol. The van der Waals surface area contributed by atoms with Crippen molar-refractivity contribution in [3.8, 4) is 0 Å². The Kier molecular flexibility index (Phi) is 114. The highest BCUT2D eigenvalue weighted by atomic mass is 16.6. The zero-order valence-electron chi connectivity index (χ0n) is 80.7. The lowest BCUT2D eigenvalue weighted by atomic mass is 9.93. The van der Waals surface area contributed by atoms with Crippen LogP contribution in [0.1, 0.15) is 373 Å². The maximum absolute atomic E-state index is 5.29. The highest BCUT2D eigenvalue weighted by molar-refractivity contribution is 5.86. The number of aliphatic imine (C=N–C) groups is 3. The van der Waals surface area contributed by atoms with Crippen LogP contribution >= 0.6 is 0 Å². The van der Waals surface area contributed by atoms with Gasteiger partial charge in [-0.25, -0.2) is 0 Å². The second-order valence-electron chi connectivity index (χ2n) is 28.0. The third-order valence-corrected chi connectivity index (χ3v) is 16.8. The van der Waals surface area contributed by atoms with Gasteiger partial charge in [0.2, 0.25) is 0 Å². The average molecular weight is 1570 g/mol. The van der Waals surface area contributed by atoms with Gasteiger partial charge in [0.25, 0.3) is 0 Å². The van der Waals surface area contributed by atoms with Gasteiger partial charge in [-0.3, -0.25) is 15.0 Å². The van der Waals surface area contributed by atoms with E-state index < -0.39 is 0 Å². The molecule has 0 radical (unpaired) electrons. The van der Waals surface area contributed by atoms with E-state index in [9.17, 15) is 0 Å². The summed E-state index contributed by atoms with van der Waals surface area (Å²) in [7, 11) is 0. The molecule has 0 spiro atoms. The molecule has 10 aliphatic heterocycles. The molecular weight excluding hydrogens is 1370 g/mol. The Hall–Kier alpha value is -5.10. The molecule has 0 amide bonds. The molecule has 110 heavy (non-hydrogen) atoms. The van der Waals surface area contributed by atoms with Gasteiger partial charge < -0.3 is 45.1 Å². The first-order valence-corrected chi connectivity index (χ1v) is 45.3. The molecule has 10 aliphatic rings. The lowest BCUT2D eigenvalue weighted by Crippen LogP contribution is -2.32. The lowest BCUT2D eigenvalue weighted by molar-refractivity contribution is 0.0146. The third kappa shape index (κ3) is 80.9. The van der Waals surface area contributed by atoms with Crippen LogP contribution in [0.5, 0.6) is 0 Å². The van der Waals surface area contributed by atoms with Crippen molar-refractivity contribution in [3.63, 3.8) is 0 Å². The molecule has 0 aliphatic carbocycles. The fourth-order valence-electron chi connectivity index (χ4n) is 9.66. The number of hydrazone groups is 3. The Balaban J connectivity index is -0.000000123. The number of hydrogen-bond donors (Lipinski definition) is 3. The van der Waals surface area contributed by atoms with Crippen molar-refractivity contribution in [3.05, 3.63) is 0 Å². The maximum atomic E-state index is 5.29. The van der Waals surface area contributed by atoms with Crippen LogP contribution in [-0.4, -0.2) is 138 Å². The molecule has 0 fully saturated rings. The van der Waals surface area contributed by atoms with E-state index in [0.29, 0.717) is 77.4 Å². The predicted octanol–water partition coefficient (Wildman–Crippen LogP) is 26.3. The molecule has 0 aromatic rings. The summed E-state index contributed by atoms with van der Waals surface area (Å²) < 4.78 is 10.2. The first kappa shape index (κ1) is 126. The van der Waals surface area contributed by atoms with E-state index in [1.54, 1.807) is 6.40 Å². The van der Waals surface area contributed by atoms with Crippen molar-refractivity contribution in [1.29, 1.82) is 0 Å². The summed E-state index contributed by atoms with van der Waals surface area (Å²) in [6, 6.07) is 1.11. The van der Waals surface area contributed by atoms with Gasteiger partial charge >= 0.3 is 0 Å². The minimum atomic E-state index is 0.356. The van der Waals surface area contributed by atoms with Crippen LogP contribution in [0.25, 0.3) is 0 Å². The third-order valence-electron chi connectivity index (χ3n) is 16.8. The van der Waals surface area contributed by atoms with Gasteiger partial charge in [-0.15, -0.1) is 0 Å². The first-order valence-electron chi connectivity index (χ1n) is 45.3. The molecule has 7 unspecified atom stereocenters. The average Bonchev–Trinajstić information content (AvgIpc) is 1.12. The summed E-state index contributed by atoms with van der Waals surface area (Å²) in [5, 5.41) is 27.1. The van der Waals surface area contributed by atoms with E-state index in [0.717, 1.165) is 153 Å². The van der Waals surface area contributed by atoms with Crippen LogP contribution in [0.2, 0.25) is 0 Å². The fraction of sp³-hybridized carbons (Fsp3) is 0.890. The number of rotatable bonds is 10. The summed E-state index contributed by atoms with van der Waals surface area (Å²) in [4.78, 5) is 32.6. The topological polar surface area (TPSA) is 215 Å². The summed E-state index contributed by atoms with van der Waals surface area (Å²) in [5.74, 6) is 10.4. The quantitative estimate of drug-likeness (QED) is 0.189. The molecule has 3 N–H and O–H groups in total. The van der Waals surface area contributed by atoms with Crippen LogP contribution in [-0.2, 0) is 28.8 Å². The highest BCUT2D eigenvalue weighted by Crippen LogP contribution is 2.20. The van der Waals surface area contributed by atoms with Gasteiger partial charge in [-0.1, -0.05) is 298 Å². The SMILES string of the molecule is CC.CC.CC.CC.CC.CC.CC.CC.CC.CC.CC(C)C1=NCCCC1.CC(C)C1=NCCCO1.CC(C)C1=NOCCC1.CC(C)C1C=NNCC1.CC(C)C1C=NOCC1.CC(C)C1CC=NNC1.CC(C)C1CC=NOC1.CC(C)C1CCC=NN1.CC(C)C1CCC=NO1.CC(C)C1CCOC=N1. The number of hydrogen-bond acceptors (Lipinski definition) is 19. The van der Waals surface area contributed by atoms with Crippen LogP contribution in [0, 0.1) is 82.9 Å². The first-order chi connectivity index (χ1) is 53.0. The Morgan fingerprint density at radius 1 is 0.400 bits per heavy atom. The predicted molar refractivity (Wildman–Crippen MR) is 498 cm³/mol. The Labute approximate surface area is 687 Å². The summed E-state index contributed by atoms with van der Waals surface area (Å²) in [5.41, 5.74) is 11.7. The molecule has 19 heteroatoms. The molecule has 10 rings (SSSR count). The standard InChI is InChI=1S/C8H15N.3C7H14N2.6C7H13NO.10C2H6/c1-7(2)8-5-3-4-6-9-8;2*1-6(2)7-3-4-8-9-5-7;1-6(2)7-4-3-5-8-9-7;1-6(2)7-3-4-9-5-8-7;1-6(2)7-3-4-9-8-5-7;1-6(2)7-3-4-8-9-5-7;1-6(2)7-8-4-3-5-9-7;1-6(2)7-4-3-5-9-8-7;1-6(2)7-4-3-5-8-9-7;10*1-2/h7H,3-6H2,1-2H3;5-8H,3-4H2,1-2H3;4,6-7,9H,3,5H2,1-2H3;5-7,9H,3-4H2,1-2H3;2*5-7H,3-4H2,1-2H3;4,6-7H,3,5H2,1-2H3;2*6H,3-5H2,1-2H3;5-7H,3-4H2,1-2H3;10*1-2H3. The second kappa shape index (κ2) is 100.0. The van der Waals surface area contributed by atoms with Crippen molar-refractivity contribution in [2.75, 3.05) is 59.2 Å². The number of oxime groups is 4. The van der Waals surface area contributed by atoms with Gasteiger partial charge in [0, 0.05) is 112 Å². The van der Waals surface area contributed by atoms with Crippen molar-refractivity contribution >= 4 is 61.0 Å². The molecule has 0 bridgehead atoms. The smallest absolute Gasteiger partial charge is 0.185 e. The number of nitrogens with one attached hydrogen (secondary N) is 3. The molecule has 660 valence electrons. The normalized spacial score (nSPS) is 20.4. The van der Waals surface area contributed by atoms with Gasteiger partial charge in [0.05, 0.1) is 25.0 Å². The number of ether oxygens (including phenoxy) is 2. The maximum Gasteiger partial charge on any atom is 0.185 e. The van der Waals surface area contributed by atoms with E-state index >= 15 is 0 Å². The molecule has 0 saturated carbocycles. The number of nitrogens with zero attached hydrogens (tertiary/aromatic N) is 10. The van der Waals surface area contributed by atoms with Crippen molar-refractivity contribution in [2.45, 2.75) is 391 Å². The molecular formula is C91H195N13O6. The molecule has 0 aromatic heterocycles. The van der Waals surface area contributed by atoms with Crippen molar-refractivity contribution < 1.29 is 28.8 Å². The zero-order valence-corrected chi connectivity index (χ0v) is 80.7. The summed E-state index contributed by atoms with van der Waals surface area (Å²) in [6.07, 6.45) is 30.9. The molecule has 0 aromatic carbocycles. The van der Waals surface area contributed by atoms with Crippen LogP contribution in [0.3, 0.4) is 0 Å².